The van der Waals surface area contributed by atoms with Crippen molar-refractivity contribution in [3.8, 4) is 23.0 Å². The first kappa shape index (κ1) is 26.4. The van der Waals surface area contributed by atoms with Crippen LogP contribution in [0.1, 0.15) is 16.7 Å². The normalized spacial score (nSPS) is 10.4. The van der Waals surface area contributed by atoms with Gasteiger partial charge in [0.05, 0.1) is 27.0 Å². The lowest BCUT2D eigenvalue weighted by Crippen LogP contribution is -2.34. The van der Waals surface area contributed by atoms with Crippen LogP contribution < -0.4 is 24.3 Å². The Kier molecular flexibility index (Phi) is 9.07. The molecule has 0 aliphatic rings. The van der Waals surface area contributed by atoms with E-state index in [1.807, 2.05) is 78.9 Å². The Hall–Kier alpha value is -4.65. The maximum absolute atomic E-state index is 13.5. The summed E-state index contributed by atoms with van der Waals surface area (Å²) < 4.78 is 22.3. The van der Waals surface area contributed by atoms with Gasteiger partial charge in [-0.2, -0.15) is 0 Å². The number of nitrogens with zero attached hydrogens (tertiary/aromatic N) is 1. The summed E-state index contributed by atoms with van der Waals surface area (Å²) in [6, 6.07) is 30.5. The van der Waals surface area contributed by atoms with Crippen LogP contribution in [-0.4, -0.2) is 32.3 Å². The van der Waals surface area contributed by atoms with E-state index >= 15 is 0 Å². The molecule has 1 N–H and O–H groups in total. The third-order valence-electron chi connectivity index (χ3n) is 5.99. The van der Waals surface area contributed by atoms with E-state index < -0.39 is 0 Å². The second kappa shape index (κ2) is 13.1. The van der Waals surface area contributed by atoms with Gasteiger partial charge in [0, 0.05) is 19.2 Å². The number of hydrogen-bond donors (Lipinski definition) is 1. The summed E-state index contributed by atoms with van der Waals surface area (Å²) >= 11 is 0. The minimum absolute atomic E-state index is 0.264. The average molecular weight is 513 g/mol. The molecule has 0 bridgehead atoms. The Morgan fingerprint density at radius 1 is 0.658 bits per heavy atom. The van der Waals surface area contributed by atoms with Crippen LogP contribution >= 0.6 is 0 Å². The fraction of sp³-hybridized carbons (Fsp3) is 0.194. The lowest BCUT2D eigenvalue weighted by molar-refractivity contribution is 0.206. The number of amides is 2. The number of nitrogens with one attached hydrogen (secondary N) is 1. The largest absolute Gasteiger partial charge is 0.497 e. The molecular formula is C31H32N2O5. The summed E-state index contributed by atoms with van der Waals surface area (Å²) in [4.78, 5) is 15.3. The quantitative estimate of drug-likeness (QED) is 0.248. The van der Waals surface area contributed by atoms with Gasteiger partial charge in [-0.3, -0.25) is 0 Å². The van der Waals surface area contributed by atoms with Crippen molar-refractivity contribution < 1.29 is 23.7 Å². The number of carbonyl (C=O) groups excluding carboxylic acids is 1. The fourth-order valence-corrected chi connectivity index (χ4v) is 3.99. The highest BCUT2D eigenvalue weighted by molar-refractivity contribution is 5.91. The SMILES string of the molecule is COc1ccc(NC(=O)N(Cc2ccccc2)Cc2ccc(OC)c(OCc3ccccc3)c2)c(OC)c1. The van der Waals surface area contributed by atoms with Crippen molar-refractivity contribution in [2.75, 3.05) is 26.6 Å². The molecule has 4 aromatic carbocycles. The predicted molar refractivity (Wildman–Crippen MR) is 148 cm³/mol. The highest BCUT2D eigenvalue weighted by atomic mass is 16.5. The average Bonchev–Trinajstić information content (AvgIpc) is 2.97. The van der Waals surface area contributed by atoms with Gasteiger partial charge in [0.15, 0.2) is 11.5 Å². The molecule has 4 rings (SSSR count). The van der Waals surface area contributed by atoms with Gasteiger partial charge in [-0.25, -0.2) is 4.79 Å². The van der Waals surface area contributed by atoms with Crippen molar-refractivity contribution in [2.45, 2.75) is 19.7 Å². The summed E-state index contributed by atoms with van der Waals surface area (Å²) in [6.07, 6.45) is 0. The van der Waals surface area contributed by atoms with E-state index in [0.717, 1.165) is 16.7 Å². The second-order valence-electron chi connectivity index (χ2n) is 8.60. The van der Waals surface area contributed by atoms with E-state index in [-0.39, 0.29) is 6.03 Å². The van der Waals surface area contributed by atoms with Crippen molar-refractivity contribution in [3.63, 3.8) is 0 Å². The van der Waals surface area contributed by atoms with Crippen molar-refractivity contribution in [1.29, 1.82) is 0 Å². The highest BCUT2D eigenvalue weighted by Gasteiger charge is 2.18. The van der Waals surface area contributed by atoms with Gasteiger partial charge in [-0.05, 0) is 41.0 Å². The summed E-state index contributed by atoms with van der Waals surface area (Å²) in [5.41, 5.74) is 3.52. The van der Waals surface area contributed by atoms with Crippen molar-refractivity contribution >= 4 is 11.7 Å². The van der Waals surface area contributed by atoms with E-state index in [4.69, 9.17) is 18.9 Å². The third kappa shape index (κ3) is 6.97. The predicted octanol–water partition coefficient (Wildman–Crippen LogP) is 6.53. The molecule has 7 nitrogen and oxygen atoms in total. The number of methoxy groups -OCH3 is 3. The third-order valence-corrected chi connectivity index (χ3v) is 5.99. The molecule has 0 aliphatic heterocycles. The lowest BCUT2D eigenvalue weighted by atomic mass is 10.1. The van der Waals surface area contributed by atoms with Gasteiger partial charge in [-0.1, -0.05) is 66.7 Å². The molecule has 0 saturated carbocycles. The molecule has 4 aromatic rings. The maximum Gasteiger partial charge on any atom is 0.322 e. The second-order valence-corrected chi connectivity index (χ2v) is 8.60. The minimum Gasteiger partial charge on any atom is -0.497 e. The number of ether oxygens (including phenoxy) is 4. The van der Waals surface area contributed by atoms with Crippen LogP contribution in [0.2, 0.25) is 0 Å². The Morgan fingerprint density at radius 2 is 1.32 bits per heavy atom. The van der Waals surface area contributed by atoms with Gasteiger partial charge >= 0.3 is 6.03 Å². The summed E-state index contributed by atoms with van der Waals surface area (Å²) in [5, 5.41) is 2.99. The first-order chi connectivity index (χ1) is 18.6. The van der Waals surface area contributed by atoms with Crippen molar-refractivity contribution in [1.82, 2.24) is 4.90 Å². The van der Waals surface area contributed by atoms with Crippen LogP contribution in [0.5, 0.6) is 23.0 Å². The number of hydrogen-bond acceptors (Lipinski definition) is 5. The van der Waals surface area contributed by atoms with E-state index in [0.29, 0.717) is 48.4 Å². The fourth-order valence-electron chi connectivity index (χ4n) is 3.99. The first-order valence-electron chi connectivity index (χ1n) is 12.2. The molecule has 0 heterocycles. The lowest BCUT2D eigenvalue weighted by Gasteiger charge is -2.24. The Bertz CT molecular complexity index is 1330. The molecule has 0 spiro atoms. The topological polar surface area (TPSA) is 69.3 Å². The van der Waals surface area contributed by atoms with Crippen LogP contribution in [-0.2, 0) is 19.7 Å². The molecule has 0 aromatic heterocycles. The number of rotatable bonds is 11. The molecule has 0 unspecified atom stereocenters. The van der Waals surface area contributed by atoms with Gasteiger partial charge < -0.3 is 29.2 Å². The minimum atomic E-state index is -0.264. The Morgan fingerprint density at radius 3 is 1.97 bits per heavy atom. The van der Waals surface area contributed by atoms with E-state index in [9.17, 15) is 4.79 Å². The Labute approximate surface area is 223 Å². The number of benzene rings is 4. The van der Waals surface area contributed by atoms with E-state index in [1.165, 1.54) is 0 Å². The zero-order valence-electron chi connectivity index (χ0n) is 21.8. The smallest absolute Gasteiger partial charge is 0.322 e. The molecule has 0 fully saturated rings. The van der Waals surface area contributed by atoms with Crippen LogP contribution in [0.25, 0.3) is 0 Å². The van der Waals surface area contributed by atoms with E-state index in [1.54, 1.807) is 44.4 Å². The maximum atomic E-state index is 13.5. The zero-order valence-corrected chi connectivity index (χ0v) is 21.8. The summed E-state index contributed by atoms with van der Waals surface area (Å²) in [5.74, 6) is 2.40. The summed E-state index contributed by atoms with van der Waals surface area (Å²) in [6.45, 7) is 1.18. The molecule has 0 atom stereocenters. The number of carbonyl (C=O) groups is 1. The van der Waals surface area contributed by atoms with Crippen LogP contribution in [0, 0.1) is 0 Å². The Balaban J connectivity index is 1.56. The standard InChI is InChI=1S/C31H32N2O5/c1-35-26-15-16-27(29(19-26)37-3)32-31(34)33(20-23-10-6-4-7-11-23)21-25-14-17-28(36-2)30(18-25)38-22-24-12-8-5-9-13-24/h4-19H,20-22H2,1-3H3,(H,32,34). The number of anilines is 1. The van der Waals surface area contributed by atoms with Gasteiger partial charge in [0.25, 0.3) is 0 Å². The molecule has 0 saturated heterocycles. The molecule has 38 heavy (non-hydrogen) atoms. The molecule has 7 heteroatoms. The van der Waals surface area contributed by atoms with Crippen LogP contribution in [0.4, 0.5) is 10.5 Å². The van der Waals surface area contributed by atoms with Crippen molar-refractivity contribution in [3.05, 3.63) is 114 Å². The van der Waals surface area contributed by atoms with E-state index in [2.05, 4.69) is 5.32 Å². The molecule has 0 aliphatic carbocycles. The molecule has 0 radical (unpaired) electrons. The monoisotopic (exact) mass is 512 g/mol. The van der Waals surface area contributed by atoms with Gasteiger partial charge in [0.1, 0.15) is 18.1 Å². The van der Waals surface area contributed by atoms with Crippen molar-refractivity contribution in [2.24, 2.45) is 0 Å². The number of urea groups is 1. The zero-order chi connectivity index (χ0) is 26.7. The highest BCUT2D eigenvalue weighted by Crippen LogP contribution is 2.31. The first-order valence-corrected chi connectivity index (χ1v) is 12.2. The summed E-state index contributed by atoms with van der Waals surface area (Å²) in [7, 11) is 4.75. The molecule has 2 amide bonds. The molecule has 196 valence electrons. The van der Waals surface area contributed by atoms with Gasteiger partial charge in [-0.15, -0.1) is 0 Å². The van der Waals surface area contributed by atoms with Gasteiger partial charge in [0.2, 0.25) is 0 Å². The van der Waals surface area contributed by atoms with Crippen LogP contribution in [0.3, 0.4) is 0 Å². The van der Waals surface area contributed by atoms with Crippen LogP contribution in [0.15, 0.2) is 97.1 Å². The molecular weight excluding hydrogens is 480 g/mol.